The zero-order valence-corrected chi connectivity index (χ0v) is 31.6. The van der Waals surface area contributed by atoms with Crippen LogP contribution in [-0.4, -0.2) is 36.1 Å². The predicted octanol–water partition coefficient (Wildman–Crippen LogP) is 10.9. The molecule has 0 aromatic rings. The molecule has 0 spiro atoms. The van der Waals surface area contributed by atoms with Crippen molar-refractivity contribution in [2.24, 2.45) is 23.7 Å². The number of cyclic esters (lactones) is 4. The van der Waals surface area contributed by atoms with E-state index in [9.17, 15) is 19.2 Å². The predicted molar refractivity (Wildman–Crippen MR) is 197 cm³/mol. The van der Waals surface area contributed by atoms with E-state index in [4.69, 9.17) is 14.2 Å². The van der Waals surface area contributed by atoms with E-state index >= 15 is 0 Å². The van der Waals surface area contributed by atoms with Gasteiger partial charge in [-0.25, -0.2) is 0 Å². The summed E-state index contributed by atoms with van der Waals surface area (Å²) < 4.78 is 16.9. The lowest BCUT2D eigenvalue weighted by Gasteiger charge is -2.24. The Morgan fingerprint density at radius 2 is 0.816 bits per heavy atom. The minimum Gasteiger partial charge on any atom is -0.393 e. The molecule has 2 heterocycles. The summed E-state index contributed by atoms with van der Waals surface area (Å²) in [7, 11) is 0. The van der Waals surface area contributed by atoms with Gasteiger partial charge in [0.1, 0.15) is 0 Å². The molecular weight excluding hydrogens is 616 g/mol. The molecule has 0 saturated carbocycles. The van der Waals surface area contributed by atoms with Crippen LogP contribution in [0.4, 0.5) is 0 Å². The molecule has 6 unspecified atom stereocenters. The van der Waals surface area contributed by atoms with Crippen molar-refractivity contribution >= 4 is 23.9 Å². The first-order valence-electron chi connectivity index (χ1n) is 20.3. The van der Waals surface area contributed by atoms with Crippen molar-refractivity contribution in [3.63, 3.8) is 0 Å². The van der Waals surface area contributed by atoms with Crippen LogP contribution in [0.5, 0.6) is 0 Å². The maximum atomic E-state index is 12.6. The van der Waals surface area contributed by atoms with Crippen LogP contribution in [0, 0.1) is 23.7 Å². The monoisotopic (exact) mass is 687 g/mol. The van der Waals surface area contributed by atoms with Crippen molar-refractivity contribution in [1.29, 1.82) is 0 Å². The molecular formula is C42H70O7. The number of allylic oxidation sites excluding steroid dienone is 2. The van der Waals surface area contributed by atoms with E-state index in [1.807, 2.05) is 0 Å². The second kappa shape index (κ2) is 26.5. The molecule has 0 bridgehead atoms. The number of carbonyl (C=O) groups excluding carboxylic acids is 4. The van der Waals surface area contributed by atoms with E-state index in [0.717, 1.165) is 89.9 Å². The smallest absolute Gasteiger partial charge is 0.317 e. The van der Waals surface area contributed by atoms with Gasteiger partial charge < -0.3 is 14.2 Å². The standard InChI is InChI=1S/C42H70O7/c1-5-9-13-15-17-21-25-35(29-27-33(23-19-11-7-3)37-31-39(43)48-41(37)45)47-36(26-22-18-16-14-10-6-2)30-28-34(24-20-12-8-4)38-32-40(44)49-42(38)46/h27-30,33-38H,5-26,31-32H2,1-4H3/b29-27+,30-28+. The Kier molecular flexibility index (Phi) is 23.2. The Morgan fingerprint density at radius 1 is 0.490 bits per heavy atom. The average molecular weight is 687 g/mol. The van der Waals surface area contributed by atoms with Gasteiger partial charge in [-0.3, -0.25) is 19.2 Å². The average Bonchev–Trinajstić information content (AvgIpc) is 3.60. The van der Waals surface area contributed by atoms with E-state index in [0.29, 0.717) is 0 Å². The Morgan fingerprint density at radius 3 is 1.16 bits per heavy atom. The van der Waals surface area contributed by atoms with Crippen LogP contribution in [0.1, 0.15) is 182 Å². The van der Waals surface area contributed by atoms with E-state index in [-0.39, 0.29) is 36.9 Å². The lowest BCUT2D eigenvalue weighted by molar-refractivity contribution is -0.155. The molecule has 0 amide bonds. The minimum atomic E-state index is -0.424. The third kappa shape index (κ3) is 18.0. The van der Waals surface area contributed by atoms with E-state index < -0.39 is 35.7 Å². The SMILES string of the molecule is CCCCCCCCC(/C=C/C(CCCCC)C1CC(=O)OC1=O)OC(/C=C/C(CCCCC)C1CC(=O)OC1=O)CCCCCCCC. The van der Waals surface area contributed by atoms with E-state index in [1.54, 1.807) is 0 Å². The van der Waals surface area contributed by atoms with Gasteiger partial charge in [-0.05, 0) is 37.5 Å². The number of rotatable bonds is 30. The van der Waals surface area contributed by atoms with Crippen LogP contribution in [0.3, 0.4) is 0 Å². The fourth-order valence-electron chi connectivity index (χ4n) is 7.19. The van der Waals surface area contributed by atoms with Crippen LogP contribution in [0.15, 0.2) is 24.3 Å². The number of hydrogen-bond donors (Lipinski definition) is 0. The third-order valence-electron chi connectivity index (χ3n) is 10.3. The van der Waals surface area contributed by atoms with Crippen molar-refractivity contribution in [3.8, 4) is 0 Å². The summed E-state index contributed by atoms with van der Waals surface area (Å²) in [4.78, 5) is 49.3. The quantitative estimate of drug-likeness (QED) is 0.0321. The van der Waals surface area contributed by atoms with Gasteiger partial charge >= 0.3 is 23.9 Å². The second-order valence-electron chi connectivity index (χ2n) is 14.6. The first-order chi connectivity index (χ1) is 23.8. The van der Waals surface area contributed by atoms with Gasteiger partial charge in [-0.2, -0.15) is 0 Å². The van der Waals surface area contributed by atoms with Crippen molar-refractivity contribution in [2.45, 2.75) is 194 Å². The normalized spacial score (nSPS) is 20.7. The van der Waals surface area contributed by atoms with Crippen LogP contribution >= 0.6 is 0 Å². The van der Waals surface area contributed by atoms with Gasteiger partial charge in [0.25, 0.3) is 0 Å². The fraction of sp³-hybridized carbons (Fsp3) is 0.810. The molecule has 0 N–H and O–H groups in total. The maximum Gasteiger partial charge on any atom is 0.317 e. The van der Waals surface area contributed by atoms with Gasteiger partial charge in [0.15, 0.2) is 0 Å². The Balaban J connectivity index is 2.29. The molecule has 7 nitrogen and oxygen atoms in total. The first-order valence-corrected chi connectivity index (χ1v) is 20.3. The molecule has 2 saturated heterocycles. The highest BCUT2D eigenvalue weighted by Crippen LogP contribution is 2.32. The minimum absolute atomic E-state index is 0.0532. The van der Waals surface area contributed by atoms with Crippen LogP contribution in [0.25, 0.3) is 0 Å². The molecule has 0 radical (unpaired) electrons. The molecule has 2 fully saturated rings. The fourth-order valence-corrected chi connectivity index (χ4v) is 7.19. The lowest BCUT2D eigenvalue weighted by atomic mass is 9.85. The van der Waals surface area contributed by atoms with Crippen molar-refractivity contribution in [3.05, 3.63) is 24.3 Å². The molecule has 0 aliphatic carbocycles. The van der Waals surface area contributed by atoms with Gasteiger partial charge in [0, 0.05) is 0 Å². The van der Waals surface area contributed by atoms with Crippen LogP contribution in [-0.2, 0) is 33.4 Å². The Bertz CT molecular complexity index is 923. The second-order valence-corrected chi connectivity index (χ2v) is 14.6. The maximum absolute atomic E-state index is 12.6. The number of hydrogen-bond acceptors (Lipinski definition) is 7. The molecule has 6 atom stereocenters. The van der Waals surface area contributed by atoms with Gasteiger partial charge in [-0.15, -0.1) is 0 Å². The zero-order valence-electron chi connectivity index (χ0n) is 31.6. The van der Waals surface area contributed by atoms with Gasteiger partial charge in [0.2, 0.25) is 0 Å². The highest BCUT2D eigenvalue weighted by Gasteiger charge is 2.39. The molecule has 2 aliphatic heterocycles. The Hall–Kier alpha value is -2.28. The number of unbranched alkanes of at least 4 members (excludes halogenated alkanes) is 14. The lowest BCUT2D eigenvalue weighted by Crippen LogP contribution is -2.23. The van der Waals surface area contributed by atoms with Crippen molar-refractivity contribution < 1.29 is 33.4 Å². The largest absolute Gasteiger partial charge is 0.393 e. The molecule has 2 rings (SSSR count). The van der Waals surface area contributed by atoms with Crippen LogP contribution < -0.4 is 0 Å². The summed E-state index contributed by atoms with van der Waals surface area (Å²) in [5.41, 5.74) is 0. The summed E-state index contributed by atoms with van der Waals surface area (Å²) in [5.74, 6) is -2.59. The summed E-state index contributed by atoms with van der Waals surface area (Å²) in [5, 5.41) is 0. The highest BCUT2D eigenvalue weighted by molar-refractivity contribution is 5.95. The van der Waals surface area contributed by atoms with Crippen molar-refractivity contribution in [1.82, 2.24) is 0 Å². The molecule has 49 heavy (non-hydrogen) atoms. The number of carbonyl (C=O) groups is 4. The number of ether oxygens (including phenoxy) is 3. The van der Waals surface area contributed by atoms with E-state index in [1.165, 1.54) is 51.4 Å². The summed E-state index contributed by atoms with van der Waals surface area (Å²) in [6.07, 6.45) is 32.8. The van der Waals surface area contributed by atoms with Gasteiger partial charge in [0.05, 0.1) is 36.9 Å². The number of esters is 4. The van der Waals surface area contributed by atoms with E-state index in [2.05, 4.69) is 52.0 Å². The third-order valence-corrected chi connectivity index (χ3v) is 10.3. The van der Waals surface area contributed by atoms with Gasteiger partial charge in [-0.1, -0.05) is 168 Å². The van der Waals surface area contributed by atoms with Crippen molar-refractivity contribution in [2.75, 3.05) is 0 Å². The molecule has 7 heteroatoms. The molecule has 0 aromatic heterocycles. The zero-order chi connectivity index (χ0) is 35.7. The highest BCUT2D eigenvalue weighted by atomic mass is 16.6. The molecule has 280 valence electrons. The van der Waals surface area contributed by atoms with Crippen LogP contribution in [0.2, 0.25) is 0 Å². The summed E-state index contributed by atoms with van der Waals surface area (Å²) in [6.45, 7) is 8.81. The molecule has 2 aliphatic rings. The Labute approximate surface area is 298 Å². The summed E-state index contributed by atoms with van der Waals surface area (Å²) >= 11 is 0. The first kappa shape index (κ1) is 42.9. The topological polar surface area (TPSA) is 96.0 Å². The molecule has 0 aromatic carbocycles. The summed E-state index contributed by atoms with van der Waals surface area (Å²) in [6, 6.07) is 0.